The van der Waals surface area contributed by atoms with Crippen molar-refractivity contribution >= 4 is 61.8 Å². The Bertz CT molecular complexity index is 4230. The topological polar surface area (TPSA) is 197 Å². The average Bonchev–Trinajstić information content (AvgIpc) is 0.820. The Labute approximate surface area is 813 Å². The zero-order chi connectivity index (χ0) is 93.7. The number of terminal acetylenes is 2. The van der Waals surface area contributed by atoms with Gasteiger partial charge in [-0.25, -0.2) is 0 Å². The Morgan fingerprint density at radius 1 is 0.267 bits per heavy atom. The quantitative estimate of drug-likeness (QED) is 0.0207. The van der Waals surface area contributed by atoms with Gasteiger partial charge in [0, 0.05) is 63.7 Å². The van der Waals surface area contributed by atoms with Crippen molar-refractivity contribution in [3.63, 3.8) is 0 Å². The van der Waals surface area contributed by atoms with Crippen LogP contribution < -0.4 is 37.9 Å². The van der Waals surface area contributed by atoms with Gasteiger partial charge in [-0.3, -0.25) is 0 Å². The molecule has 726 valence electrons. The molecule has 0 fully saturated rings. The largest absolute Gasteiger partial charge is 0.494 e. The number of alkyl halides is 3. The lowest BCUT2D eigenvalue weighted by atomic mass is 9.78. The Balaban J connectivity index is 0.000000448. The van der Waals surface area contributed by atoms with Gasteiger partial charge in [-0.1, -0.05) is 212 Å². The number of benzene rings is 8. The molecule has 0 aliphatic carbocycles. The van der Waals surface area contributed by atoms with Crippen LogP contribution in [0.5, 0.6) is 46.0 Å². The molecule has 8 aromatic carbocycles. The van der Waals surface area contributed by atoms with Gasteiger partial charge in [-0.2, -0.15) is 27.0 Å². The van der Waals surface area contributed by atoms with Gasteiger partial charge in [0.1, 0.15) is 91.7 Å². The smallest absolute Gasteiger partial charge is 0.119 e. The number of hydrogen-bond acceptors (Lipinski definition) is 19. The number of unbranched alkanes of at least 4 members (excludes halogenated alkanes) is 2. The third-order valence-corrected chi connectivity index (χ3v) is 22.7. The molecule has 0 radical (unpaired) electrons. The number of rotatable bonds is 63. The van der Waals surface area contributed by atoms with E-state index in [1.807, 2.05) is 84.9 Å². The summed E-state index contributed by atoms with van der Waals surface area (Å²) in [6, 6.07) is 66.0. The van der Waals surface area contributed by atoms with E-state index in [4.69, 9.17) is 133 Å². The van der Waals surface area contributed by atoms with Gasteiger partial charge in [0.2, 0.25) is 0 Å². The SMILES string of the molecule is C#CCOCCOCCOCCOc1ccc(C(C)(C)c2ccc(OCCCC)cc2)cc1.C#CCOCCOCCOCCOc1ccc(C(C)(C)c2ccc(OC[C@H](C)CCl)cc2)cc1.CCCCOC[C@H](O)COc1ccc(C(C)(C)c2ccc(OC[C@H](C)CCl)cc2)cc1.C[C@H](CCl)COc1ccc(C(C)(C)c2ccc(OCCOCCOCCO)cc2)cc1.S.S. The molecular weight excluding hydrogens is 1760 g/mol. The van der Waals surface area contributed by atoms with E-state index in [-0.39, 0.29) is 61.9 Å². The lowest BCUT2D eigenvalue weighted by Gasteiger charge is -2.26. The monoisotopic (exact) mass is 1910 g/mol. The molecule has 0 spiro atoms. The van der Waals surface area contributed by atoms with E-state index in [0.717, 1.165) is 78.3 Å². The third-order valence-electron chi connectivity index (χ3n) is 21.1. The summed E-state index contributed by atoms with van der Waals surface area (Å²) < 4.78 is 94.3. The van der Waals surface area contributed by atoms with Crippen molar-refractivity contribution < 1.29 is 90.7 Å². The van der Waals surface area contributed by atoms with Gasteiger partial charge in [-0.05, 0) is 154 Å². The molecule has 0 aliphatic heterocycles. The van der Waals surface area contributed by atoms with Crippen LogP contribution in [0.15, 0.2) is 194 Å². The molecule has 19 nitrogen and oxygen atoms in total. The Hall–Kier alpha value is -7.59. The zero-order valence-electron chi connectivity index (χ0n) is 79.9. The summed E-state index contributed by atoms with van der Waals surface area (Å²) >= 11 is 17.5. The highest BCUT2D eigenvalue weighted by molar-refractivity contribution is 7.59. The summed E-state index contributed by atoms with van der Waals surface area (Å²) in [6.45, 7) is 41.1. The van der Waals surface area contributed by atoms with Crippen LogP contribution in [0.3, 0.4) is 0 Å². The number of halogens is 3. The van der Waals surface area contributed by atoms with Crippen molar-refractivity contribution in [1.29, 1.82) is 0 Å². The molecule has 0 unspecified atom stereocenters. The van der Waals surface area contributed by atoms with E-state index in [9.17, 15) is 5.11 Å². The molecule has 8 aromatic rings. The highest BCUT2D eigenvalue weighted by Crippen LogP contribution is 2.38. The minimum atomic E-state index is -0.624. The standard InChI is InChI=1S/C28H37ClO5.C28H38O5.C26H37ClO4.C25H35ClO5.2H2S/c1-5-14-30-15-16-31-17-18-32-19-20-33-26-10-6-24(7-11-26)28(3,4)25-8-12-27(13-9-25)34-22-23(2)21-29;1-5-7-17-32-26-12-8-24(9-13-26)28(3,4)25-10-14-27(15-11-25)33-23-22-31-21-20-30-19-18-29-16-6-2;1-5-6-15-29-18-23(28)19-31-25-13-9-22(10-14-25)26(3,4)21-7-11-24(12-8-21)30-17-20(2)16-27;1-20(18-26)19-31-24-10-6-22(7-11-24)25(2,3)21-4-8-23(9-5-21)30-17-16-29-15-14-28-13-12-27;;/h1,6-13,23H,14-22H2,2-4H3;2,8-15H,5,7,16-23H2,1,3-4H3;7-14,20,23,28H,5-6,15-19H2,1-4H3;4-11,20,27H,12-19H2,1-3H3;2*1H2/t23-;;20-,23+;20-;;/m1.11../s1. The highest BCUT2D eigenvalue weighted by Gasteiger charge is 2.28. The second-order valence-electron chi connectivity index (χ2n) is 33.5. The second-order valence-corrected chi connectivity index (χ2v) is 34.4. The lowest BCUT2D eigenvalue weighted by molar-refractivity contribution is 0.0113. The summed E-state index contributed by atoms with van der Waals surface area (Å²) in [6.07, 6.45) is 13.9. The van der Waals surface area contributed by atoms with E-state index >= 15 is 0 Å². The van der Waals surface area contributed by atoms with Crippen molar-refractivity contribution in [3.8, 4) is 70.7 Å². The van der Waals surface area contributed by atoms with Crippen molar-refractivity contribution in [2.24, 2.45) is 17.8 Å². The van der Waals surface area contributed by atoms with Gasteiger partial charge < -0.3 is 90.7 Å². The van der Waals surface area contributed by atoms with Crippen LogP contribution in [-0.2, 0) is 64.3 Å². The molecule has 0 saturated carbocycles. The van der Waals surface area contributed by atoms with Crippen LogP contribution >= 0.6 is 61.8 Å². The van der Waals surface area contributed by atoms with Gasteiger partial charge in [0.15, 0.2) is 0 Å². The van der Waals surface area contributed by atoms with E-state index in [2.05, 4.69) is 211 Å². The average molecular weight is 1910 g/mol. The predicted octanol–water partition coefficient (Wildman–Crippen LogP) is 21.3. The van der Waals surface area contributed by atoms with E-state index < -0.39 is 6.10 Å². The number of aliphatic hydroxyl groups excluding tert-OH is 2. The van der Waals surface area contributed by atoms with Gasteiger partial charge in [0.25, 0.3) is 0 Å². The molecule has 8 rings (SSSR count). The lowest BCUT2D eigenvalue weighted by Crippen LogP contribution is -2.23. The van der Waals surface area contributed by atoms with Crippen molar-refractivity contribution in [3.05, 3.63) is 239 Å². The Kier molecular flexibility index (Phi) is 62.2. The maximum absolute atomic E-state index is 9.98. The minimum absolute atomic E-state index is 0. The van der Waals surface area contributed by atoms with Crippen LogP contribution in [0.2, 0.25) is 0 Å². The molecule has 0 aliphatic rings. The summed E-state index contributed by atoms with van der Waals surface area (Å²) in [7, 11) is 0. The zero-order valence-corrected chi connectivity index (χ0v) is 84.2. The van der Waals surface area contributed by atoms with Crippen molar-refractivity contribution in [2.75, 3.05) is 196 Å². The summed E-state index contributed by atoms with van der Waals surface area (Å²) in [4.78, 5) is 0. The van der Waals surface area contributed by atoms with Crippen LogP contribution in [-0.4, -0.2) is 212 Å². The molecule has 0 saturated heterocycles. The van der Waals surface area contributed by atoms with E-state index in [1.54, 1.807) is 0 Å². The number of hydrogen-bond donors (Lipinski definition) is 2. The molecule has 24 heteroatoms. The molecule has 0 bridgehead atoms. The van der Waals surface area contributed by atoms with Crippen LogP contribution in [0.1, 0.15) is 160 Å². The fraction of sp³-hybridized carbons (Fsp3) is 0.514. The van der Waals surface area contributed by atoms with Gasteiger partial charge in [-0.15, -0.1) is 47.6 Å². The van der Waals surface area contributed by atoms with Crippen molar-refractivity contribution in [1.82, 2.24) is 0 Å². The molecule has 4 atom stereocenters. The first-order valence-corrected chi connectivity index (χ1v) is 46.9. The maximum Gasteiger partial charge on any atom is 0.119 e. The van der Waals surface area contributed by atoms with Crippen LogP contribution in [0, 0.1) is 42.4 Å². The Morgan fingerprint density at radius 2 is 0.466 bits per heavy atom. The number of aliphatic hydroxyl groups is 2. The highest BCUT2D eigenvalue weighted by atomic mass is 35.5. The van der Waals surface area contributed by atoms with Crippen LogP contribution in [0.25, 0.3) is 0 Å². The molecule has 131 heavy (non-hydrogen) atoms. The van der Waals surface area contributed by atoms with Crippen LogP contribution in [0.4, 0.5) is 0 Å². The summed E-state index contributed by atoms with van der Waals surface area (Å²) in [5.74, 6) is 14.3. The maximum atomic E-state index is 9.98. The van der Waals surface area contributed by atoms with Crippen molar-refractivity contribution in [2.45, 2.75) is 143 Å². The van der Waals surface area contributed by atoms with Gasteiger partial charge in [0.05, 0.1) is 132 Å². The summed E-state index contributed by atoms with van der Waals surface area (Å²) in [5.41, 5.74) is 9.17. The number of ether oxygens (including phenoxy) is 17. The minimum Gasteiger partial charge on any atom is -0.494 e. The first-order chi connectivity index (χ1) is 62.4. The Morgan fingerprint density at radius 3 is 0.687 bits per heavy atom. The molecule has 0 amide bonds. The van der Waals surface area contributed by atoms with Gasteiger partial charge >= 0.3 is 0 Å². The predicted molar refractivity (Wildman–Crippen MR) is 542 cm³/mol. The first-order valence-electron chi connectivity index (χ1n) is 45.3. The molecule has 2 N–H and O–H groups in total. The van der Waals surface area contributed by atoms with E-state index in [0.29, 0.717) is 194 Å². The fourth-order valence-corrected chi connectivity index (χ4v) is 12.7. The summed E-state index contributed by atoms with van der Waals surface area (Å²) in [5, 5.41) is 18.6. The van der Waals surface area contributed by atoms with E-state index in [1.165, 1.54) is 44.5 Å². The third kappa shape index (κ3) is 47.4. The molecular formula is C107H151Cl3O19S2. The normalized spacial score (nSPS) is 12.2. The fourth-order valence-electron chi connectivity index (χ4n) is 12.5. The first kappa shape index (κ1) is 118. The second kappa shape index (κ2) is 69.3. The molecule has 0 aromatic heterocycles. The molecule has 0 heterocycles.